The fourth-order valence-corrected chi connectivity index (χ4v) is 1.95. The Hall–Kier alpha value is -1.26. The molecule has 17 heavy (non-hydrogen) atoms. The summed E-state index contributed by atoms with van der Waals surface area (Å²) < 4.78 is 0. The monoisotopic (exact) mass is 250 g/mol. The molecule has 0 radical (unpaired) electrons. The molecular formula is C13H18N2OS. The highest BCUT2D eigenvalue weighted by molar-refractivity contribution is 7.99. The fourth-order valence-electron chi connectivity index (χ4n) is 1.33. The smallest absolute Gasteiger partial charge is 0.248 e. The molecule has 0 aromatic heterocycles. The van der Waals surface area contributed by atoms with E-state index in [2.05, 4.69) is 11.9 Å². The van der Waals surface area contributed by atoms with Crippen LogP contribution in [-0.2, 0) is 6.54 Å². The molecule has 0 fully saturated rings. The molecule has 0 spiro atoms. The van der Waals surface area contributed by atoms with Crippen LogP contribution in [0.15, 0.2) is 36.9 Å². The first-order valence-electron chi connectivity index (χ1n) is 5.52. The molecule has 1 amide bonds. The lowest BCUT2D eigenvalue weighted by Gasteiger charge is -2.04. The van der Waals surface area contributed by atoms with E-state index in [1.54, 1.807) is 12.1 Å². The van der Waals surface area contributed by atoms with Crippen LogP contribution in [0.1, 0.15) is 15.9 Å². The van der Waals surface area contributed by atoms with E-state index in [1.807, 2.05) is 30.0 Å². The van der Waals surface area contributed by atoms with E-state index < -0.39 is 0 Å². The van der Waals surface area contributed by atoms with E-state index in [-0.39, 0.29) is 5.91 Å². The summed E-state index contributed by atoms with van der Waals surface area (Å²) >= 11 is 1.85. The van der Waals surface area contributed by atoms with Gasteiger partial charge in [-0.15, -0.1) is 6.58 Å². The Balaban J connectivity index is 2.23. The zero-order valence-electron chi connectivity index (χ0n) is 9.82. The molecule has 0 heterocycles. The van der Waals surface area contributed by atoms with Crippen molar-refractivity contribution in [3.8, 4) is 0 Å². The number of rotatable bonds is 8. The molecule has 0 bridgehead atoms. The van der Waals surface area contributed by atoms with E-state index in [1.165, 1.54) is 0 Å². The molecule has 0 aliphatic carbocycles. The van der Waals surface area contributed by atoms with Crippen LogP contribution < -0.4 is 11.1 Å². The minimum absolute atomic E-state index is 0.384. The van der Waals surface area contributed by atoms with Crippen LogP contribution in [0.4, 0.5) is 0 Å². The number of primary amides is 1. The number of nitrogens with one attached hydrogen (secondary N) is 1. The molecular weight excluding hydrogens is 232 g/mol. The van der Waals surface area contributed by atoms with Crippen LogP contribution in [0, 0.1) is 0 Å². The molecule has 0 aliphatic rings. The molecule has 0 atom stereocenters. The second-order valence-corrected chi connectivity index (χ2v) is 4.75. The lowest BCUT2D eigenvalue weighted by atomic mass is 10.1. The summed E-state index contributed by atoms with van der Waals surface area (Å²) in [6.07, 6.45) is 1.91. The van der Waals surface area contributed by atoms with Crippen molar-refractivity contribution in [2.75, 3.05) is 18.1 Å². The Morgan fingerprint density at radius 3 is 2.71 bits per heavy atom. The molecule has 0 saturated heterocycles. The zero-order chi connectivity index (χ0) is 12.5. The van der Waals surface area contributed by atoms with Crippen molar-refractivity contribution in [3.05, 3.63) is 48.0 Å². The van der Waals surface area contributed by atoms with E-state index >= 15 is 0 Å². The molecule has 92 valence electrons. The number of carbonyl (C=O) groups excluding carboxylic acids is 1. The highest BCUT2D eigenvalue weighted by Gasteiger charge is 1.99. The first-order valence-corrected chi connectivity index (χ1v) is 6.67. The van der Waals surface area contributed by atoms with Crippen molar-refractivity contribution < 1.29 is 4.79 Å². The Kier molecular flexibility index (Phi) is 6.43. The third-order valence-electron chi connectivity index (χ3n) is 2.23. The average Bonchev–Trinajstić information content (AvgIpc) is 2.34. The number of amides is 1. The summed E-state index contributed by atoms with van der Waals surface area (Å²) in [5.41, 5.74) is 6.87. The SMILES string of the molecule is C=CCSCCNCc1ccc(C(N)=O)cc1. The summed E-state index contributed by atoms with van der Waals surface area (Å²) in [6.45, 7) is 5.45. The Morgan fingerprint density at radius 2 is 2.12 bits per heavy atom. The first-order chi connectivity index (χ1) is 8.24. The van der Waals surface area contributed by atoms with Crippen LogP contribution in [0.3, 0.4) is 0 Å². The number of thioether (sulfide) groups is 1. The van der Waals surface area contributed by atoms with E-state index in [0.29, 0.717) is 5.56 Å². The van der Waals surface area contributed by atoms with Crippen molar-refractivity contribution >= 4 is 17.7 Å². The third-order valence-corrected chi connectivity index (χ3v) is 3.19. The number of benzene rings is 1. The molecule has 1 aromatic carbocycles. The number of nitrogens with two attached hydrogens (primary N) is 1. The predicted molar refractivity (Wildman–Crippen MR) is 74.2 cm³/mol. The molecule has 0 unspecified atom stereocenters. The number of hydrogen-bond acceptors (Lipinski definition) is 3. The van der Waals surface area contributed by atoms with Gasteiger partial charge >= 0.3 is 0 Å². The van der Waals surface area contributed by atoms with Gasteiger partial charge in [-0.05, 0) is 17.7 Å². The molecule has 4 heteroatoms. The average molecular weight is 250 g/mol. The Labute approximate surface area is 106 Å². The molecule has 1 rings (SSSR count). The van der Waals surface area contributed by atoms with E-state index in [0.717, 1.165) is 30.2 Å². The largest absolute Gasteiger partial charge is 0.366 e. The second-order valence-electron chi connectivity index (χ2n) is 3.60. The maximum absolute atomic E-state index is 10.9. The number of hydrogen-bond donors (Lipinski definition) is 2. The van der Waals surface area contributed by atoms with Crippen molar-refractivity contribution in [1.82, 2.24) is 5.32 Å². The van der Waals surface area contributed by atoms with Gasteiger partial charge in [-0.1, -0.05) is 18.2 Å². The Bertz CT molecular complexity index is 362. The van der Waals surface area contributed by atoms with Crippen LogP contribution in [0.2, 0.25) is 0 Å². The Morgan fingerprint density at radius 1 is 1.41 bits per heavy atom. The molecule has 3 nitrogen and oxygen atoms in total. The highest BCUT2D eigenvalue weighted by atomic mass is 32.2. The minimum atomic E-state index is -0.384. The van der Waals surface area contributed by atoms with Crippen LogP contribution in [0.5, 0.6) is 0 Å². The molecule has 0 saturated carbocycles. The van der Waals surface area contributed by atoms with Gasteiger partial charge in [0, 0.05) is 30.2 Å². The van der Waals surface area contributed by atoms with Gasteiger partial charge < -0.3 is 11.1 Å². The summed E-state index contributed by atoms with van der Waals surface area (Å²) in [5, 5.41) is 3.34. The highest BCUT2D eigenvalue weighted by Crippen LogP contribution is 2.03. The predicted octanol–water partition coefficient (Wildman–Crippen LogP) is 1.79. The van der Waals surface area contributed by atoms with E-state index in [9.17, 15) is 4.79 Å². The second kappa shape index (κ2) is 7.92. The van der Waals surface area contributed by atoms with Gasteiger partial charge in [0.1, 0.15) is 0 Å². The van der Waals surface area contributed by atoms with Gasteiger partial charge in [-0.25, -0.2) is 0 Å². The van der Waals surface area contributed by atoms with Gasteiger partial charge in [0.15, 0.2) is 0 Å². The van der Waals surface area contributed by atoms with Crippen molar-refractivity contribution in [2.45, 2.75) is 6.54 Å². The van der Waals surface area contributed by atoms with Crippen LogP contribution >= 0.6 is 11.8 Å². The summed E-state index contributed by atoms with van der Waals surface area (Å²) in [7, 11) is 0. The first kappa shape index (κ1) is 13.8. The molecule has 0 aliphatic heterocycles. The minimum Gasteiger partial charge on any atom is -0.366 e. The zero-order valence-corrected chi connectivity index (χ0v) is 10.6. The lowest BCUT2D eigenvalue weighted by Crippen LogP contribution is -2.17. The van der Waals surface area contributed by atoms with E-state index in [4.69, 9.17) is 5.73 Å². The van der Waals surface area contributed by atoms with Gasteiger partial charge in [-0.2, -0.15) is 11.8 Å². The van der Waals surface area contributed by atoms with Gasteiger partial charge in [0.2, 0.25) is 5.91 Å². The normalized spacial score (nSPS) is 10.1. The van der Waals surface area contributed by atoms with Gasteiger partial charge in [-0.3, -0.25) is 4.79 Å². The third kappa shape index (κ3) is 5.56. The quantitative estimate of drug-likeness (QED) is 0.546. The topological polar surface area (TPSA) is 55.1 Å². The lowest BCUT2D eigenvalue weighted by molar-refractivity contribution is 0.100. The standard InChI is InChI=1S/C13H18N2OS/c1-2-8-17-9-7-15-10-11-3-5-12(6-4-11)13(14)16/h2-6,15H,1,7-10H2,(H2,14,16). The van der Waals surface area contributed by atoms with Crippen molar-refractivity contribution in [3.63, 3.8) is 0 Å². The summed E-state index contributed by atoms with van der Waals surface area (Å²) in [5.74, 6) is 1.69. The fraction of sp³-hybridized carbons (Fsp3) is 0.308. The van der Waals surface area contributed by atoms with Gasteiger partial charge in [0.25, 0.3) is 0 Å². The summed E-state index contributed by atoms with van der Waals surface area (Å²) in [4.78, 5) is 10.9. The molecule has 1 aromatic rings. The molecule has 3 N–H and O–H groups in total. The summed E-state index contributed by atoms with van der Waals surface area (Å²) in [6, 6.07) is 7.35. The maximum atomic E-state index is 10.9. The van der Waals surface area contributed by atoms with Crippen molar-refractivity contribution in [2.24, 2.45) is 5.73 Å². The maximum Gasteiger partial charge on any atom is 0.248 e. The van der Waals surface area contributed by atoms with Crippen LogP contribution in [0.25, 0.3) is 0 Å². The van der Waals surface area contributed by atoms with Crippen molar-refractivity contribution in [1.29, 1.82) is 0 Å². The number of carbonyl (C=O) groups is 1. The van der Waals surface area contributed by atoms with Gasteiger partial charge in [0.05, 0.1) is 0 Å². The van der Waals surface area contributed by atoms with Crippen LogP contribution in [-0.4, -0.2) is 24.0 Å².